The van der Waals surface area contributed by atoms with Crippen molar-refractivity contribution in [3.8, 4) is 0 Å². The van der Waals surface area contributed by atoms with Gasteiger partial charge in [0.15, 0.2) is 0 Å². The number of aliphatic hydroxyl groups is 1. The van der Waals surface area contributed by atoms with E-state index in [1.165, 1.54) is 17.4 Å². The van der Waals surface area contributed by atoms with Crippen LogP contribution in [0.3, 0.4) is 0 Å². The lowest BCUT2D eigenvalue weighted by Gasteiger charge is -2.13. The number of rotatable bonds is 3. The second-order valence-electron chi connectivity index (χ2n) is 5.36. The fraction of sp³-hybridized carbons (Fsp3) is 0.400. The SMILES string of the molecule is Cc1c(C(=O)NCC2CNCC2O)sc2cccc(F)c12. The molecule has 21 heavy (non-hydrogen) atoms. The van der Waals surface area contributed by atoms with Crippen LogP contribution in [0.4, 0.5) is 4.39 Å². The number of carbonyl (C=O) groups is 1. The highest BCUT2D eigenvalue weighted by atomic mass is 32.1. The van der Waals surface area contributed by atoms with Crippen molar-refractivity contribution in [3.05, 3.63) is 34.5 Å². The quantitative estimate of drug-likeness (QED) is 0.808. The molecule has 0 saturated carbocycles. The average Bonchev–Trinajstić information content (AvgIpc) is 3.01. The van der Waals surface area contributed by atoms with E-state index in [0.717, 1.165) is 4.70 Å². The predicted molar refractivity (Wildman–Crippen MR) is 81.2 cm³/mol. The molecule has 2 aromatic rings. The fourth-order valence-corrected chi connectivity index (χ4v) is 3.84. The first-order valence-corrected chi connectivity index (χ1v) is 7.74. The van der Waals surface area contributed by atoms with Crippen LogP contribution in [-0.2, 0) is 0 Å². The molecular formula is C15H17FN2O2S. The summed E-state index contributed by atoms with van der Waals surface area (Å²) in [5.41, 5.74) is 0.677. The highest BCUT2D eigenvalue weighted by Crippen LogP contribution is 2.32. The minimum atomic E-state index is -0.425. The summed E-state index contributed by atoms with van der Waals surface area (Å²) in [5.74, 6) is -0.469. The summed E-state index contributed by atoms with van der Waals surface area (Å²) in [6.07, 6.45) is -0.425. The molecule has 1 aromatic heterocycles. The number of β-amino-alcohol motifs (C(OH)–C–C–N with tert-alkyl or cyclic N) is 1. The number of nitrogens with one attached hydrogen (secondary N) is 2. The van der Waals surface area contributed by atoms with Crippen molar-refractivity contribution in [1.29, 1.82) is 0 Å². The van der Waals surface area contributed by atoms with Crippen LogP contribution in [0.15, 0.2) is 18.2 Å². The summed E-state index contributed by atoms with van der Waals surface area (Å²) in [5, 5.41) is 16.2. The highest BCUT2D eigenvalue weighted by molar-refractivity contribution is 7.21. The van der Waals surface area contributed by atoms with Crippen LogP contribution in [0.5, 0.6) is 0 Å². The van der Waals surface area contributed by atoms with Crippen molar-refractivity contribution >= 4 is 27.3 Å². The lowest BCUT2D eigenvalue weighted by molar-refractivity contribution is 0.0930. The Bertz CT molecular complexity index is 686. The standard InChI is InChI=1S/C15H17FN2O2S/c1-8-13-10(16)3-2-4-12(13)21-14(8)15(20)18-6-9-5-17-7-11(9)19/h2-4,9,11,17,19H,5-7H2,1H3,(H,18,20). The zero-order valence-corrected chi connectivity index (χ0v) is 12.5. The van der Waals surface area contributed by atoms with E-state index < -0.39 is 6.10 Å². The molecular weight excluding hydrogens is 291 g/mol. The van der Waals surface area contributed by atoms with Crippen LogP contribution in [-0.4, -0.2) is 36.8 Å². The minimum absolute atomic E-state index is 0.0281. The molecule has 1 aromatic carbocycles. The Morgan fingerprint density at radius 1 is 1.52 bits per heavy atom. The maximum Gasteiger partial charge on any atom is 0.261 e. The lowest BCUT2D eigenvalue weighted by atomic mass is 10.1. The molecule has 2 atom stereocenters. The summed E-state index contributed by atoms with van der Waals surface area (Å²) >= 11 is 1.30. The third-order valence-electron chi connectivity index (χ3n) is 3.94. The van der Waals surface area contributed by atoms with Gasteiger partial charge in [-0.05, 0) is 24.6 Å². The van der Waals surface area contributed by atoms with Crippen LogP contribution in [0.2, 0.25) is 0 Å². The number of aryl methyl sites for hydroxylation is 1. The summed E-state index contributed by atoms with van der Waals surface area (Å²) in [6, 6.07) is 4.87. The van der Waals surface area contributed by atoms with Crippen molar-refractivity contribution in [2.24, 2.45) is 5.92 Å². The van der Waals surface area contributed by atoms with E-state index in [2.05, 4.69) is 10.6 Å². The van der Waals surface area contributed by atoms with E-state index in [-0.39, 0.29) is 17.6 Å². The number of hydrogen-bond donors (Lipinski definition) is 3. The number of aliphatic hydroxyl groups excluding tert-OH is 1. The van der Waals surface area contributed by atoms with Crippen molar-refractivity contribution < 1.29 is 14.3 Å². The van der Waals surface area contributed by atoms with Gasteiger partial charge in [-0.15, -0.1) is 11.3 Å². The number of thiophene rings is 1. The molecule has 2 unspecified atom stereocenters. The Labute approximate surface area is 126 Å². The van der Waals surface area contributed by atoms with Gasteiger partial charge in [-0.3, -0.25) is 4.79 Å². The number of hydrogen-bond acceptors (Lipinski definition) is 4. The van der Waals surface area contributed by atoms with Crippen molar-refractivity contribution in [2.75, 3.05) is 19.6 Å². The molecule has 6 heteroatoms. The predicted octanol–water partition coefficient (Wildman–Crippen LogP) is 1.66. The summed E-state index contributed by atoms with van der Waals surface area (Å²) in [6.45, 7) is 3.45. The molecule has 0 bridgehead atoms. The van der Waals surface area contributed by atoms with Gasteiger partial charge in [-0.1, -0.05) is 6.07 Å². The third kappa shape index (κ3) is 2.66. The molecule has 1 aliphatic heterocycles. The molecule has 1 saturated heterocycles. The van der Waals surface area contributed by atoms with Crippen LogP contribution in [0.25, 0.3) is 10.1 Å². The minimum Gasteiger partial charge on any atom is -0.391 e. The van der Waals surface area contributed by atoms with Crippen LogP contribution in [0, 0.1) is 18.7 Å². The molecule has 0 radical (unpaired) electrons. The molecule has 1 aliphatic rings. The van der Waals surface area contributed by atoms with Gasteiger partial charge in [-0.2, -0.15) is 0 Å². The first-order valence-electron chi connectivity index (χ1n) is 6.92. The van der Waals surface area contributed by atoms with Gasteiger partial charge in [0.2, 0.25) is 0 Å². The van der Waals surface area contributed by atoms with E-state index in [4.69, 9.17) is 0 Å². The molecule has 0 spiro atoms. The van der Waals surface area contributed by atoms with Crippen LogP contribution < -0.4 is 10.6 Å². The van der Waals surface area contributed by atoms with Crippen molar-refractivity contribution in [1.82, 2.24) is 10.6 Å². The molecule has 2 heterocycles. The molecule has 0 aliphatic carbocycles. The van der Waals surface area contributed by atoms with E-state index in [1.54, 1.807) is 13.0 Å². The number of halogens is 1. The largest absolute Gasteiger partial charge is 0.391 e. The zero-order chi connectivity index (χ0) is 15.0. The van der Waals surface area contributed by atoms with Gasteiger partial charge >= 0.3 is 0 Å². The van der Waals surface area contributed by atoms with Gasteiger partial charge in [0.1, 0.15) is 5.82 Å². The Kier molecular flexibility index (Phi) is 3.93. The topological polar surface area (TPSA) is 61.4 Å². The maximum absolute atomic E-state index is 13.8. The number of fused-ring (bicyclic) bond motifs is 1. The van der Waals surface area contributed by atoms with Gasteiger partial charge in [0.05, 0.1) is 11.0 Å². The lowest BCUT2D eigenvalue weighted by Crippen LogP contribution is -2.34. The molecule has 3 N–H and O–H groups in total. The number of amides is 1. The molecule has 4 nitrogen and oxygen atoms in total. The molecule has 1 amide bonds. The van der Waals surface area contributed by atoms with Crippen LogP contribution >= 0.6 is 11.3 Å². The van der Waals surface area contributed by atoms with E-state index in [0.29, 0.717) is 35.5 Å². The fourth-order valence-electron chi connectivity index (χ4n) is 2.70. The Morgan fingerprint density at radius 2 is 2.33 bits per heavy atom. The zero-order valence-electron chi connectivity index (χ0n) is 11.6. The Morgan fingerprint density at radius 3 is 3.00 bits per heavy atom. The van der Waals surface area contributed by atoms with Crippen LogP contribution in [0.1, 0.15) is 15.2 Å². The summed E-state index contributed by atoms with van der Waals surface area (Å²) in [7, 11) is 0. The molecule has 1 fully saturated rings. The monoisotopic (exact) mass is 308 g/mol. The van der Waals surface area contributed by atoms with E-state index in [1.807, 2.05) is 6.07 Å². The first-order chi connectivity index (χ1) is 10.1. The average molecular weight is 308 g/mol. The second-order valence-corrected chi connectivity index (χ2v) is 6.42. The van der Waals surface area contributed by atoms with E-state index >= 15 is 0 Å². The Balaban J connectivity index is 1.78. The van der Waals surface area contributed by atoms with Gasteiger partial charge in [0, 0.05) is 35.6 Å². The molecule has 3 rings (SSSR count). The van der Waals surface area contributed by atoms with Crippen molar-refractivity contribution in [2.45, 2.75) is 13.0 Å². The van der Waals surface area contributed by atoms with Gasteiger partial charge in [-0.25, -0.2) is 4.39 Å². The van der Waals surface area contributed by atoms with Crippen molar-refractivity contribution in [3.63, 3.8) is 0 Å². The highest BCUT2D eigenvalue weighted by Gasteiger charge is 2.26. The van der Waals surface area contributed by atoms with Gasteiger partial charge in [0.25, 0.3) is 5.91 Å². The number of benzene rings is 1. The molecule has 112 valence electrons. The Hall–Kier alpha value is -1.50. The smallest absolute Gasteiger partial charge is 0.261 e. The second kappa shape index (κ2) is 5.71. The first kappa shape index (κ1) is 14.4. The third-order valence-corrected chi connectivity index (χ3v) is 5.19. The van der Waals surface area contributed by atoms with Gasteiger partial charge < -0.3 is 15.7 Å². The van der Waals surface area contributed by atoms with E-state index in [9.17, 15) is 14.3 Å². The normalized spacial score (nSPS) is 21.9. The number of carbonyl (C=O) groups excluding carboxylic acids is 1. The summed E-state index contributed by atoms with van der Waals surface area (Å²) in [4.78, 5) is 12.8. The summed E-state index contributed by atoms with van der Waals surface area (Å²) < 4.78 is 14.6. The maximum atomic E-state index is 13.8.